The fourth-order valence-corrected chi connectivity index (χ4v) is 5.26. The zero-order chi connectivity index (χ0) is 14.2. The van der Waals surface area contributed by atoms with Gasteiger partial charge in [0.1, 0.15) is 0 Å². The molecule has 0 aliphatic heterocycles. The predicted molar refractivity (Wildman–Crippen MR) is 88.0 cm³/mol. The molecule has 0 spiro atoms. The third-order valence-electron chi connectivity index (χ3n) is 5.10. The van der Waals surface area contributed by atoms with Crippen LogP contribution in [0.1, 0.15) is 64.1 Å². The van der Waals surface area contributed by atoms with Crippen LogP contribution in [0.15, 0.2) is 30.3 Å². The third-order valence-corrected chi connectivity index (χ3v) is 6.43. The maximum absolute atomic E-state index is 10.7. The van der Waals surface area contributed by atoms with Crippen LogP contribution < -0.4 is 0 Å². The molecular formula is C19H22OS. The van der Waals surface area contributed by atoms with Gasteiger partial charge in [-0.2, -0.15) is 0 Å². The summed E-state index contributed by atoms with van der Waals surface area (Å²) < 4.78 is 0. The molecule has 0 saturated heterocycles. The lowest BCUT2D eigenvalue weighted by Gasteiger charge is -2.27. The van der Waals surface area contributed by atoms with Crippen molar-refractivity contribution in [2.24, 2.45) is 0 Å². The van der Waals surface area contributed by atoms with Crippen molar-refractivity contribution in [1.29, 1.82) is 0 Å². The van der Waals surface area contributed by atoms with E-state index in [1.165, 1.54) is 65.0 Å². The Hall–Kier alpha value is -1.12. The Kier molecular flexibility index (Phi) is 3.60. The quantitative estimate of drug-likeness (QED) is 0.864. The van der Waals surface area contributed by atoms with Crippen LogP contribution >= 0.6 is 11.3 Å². The zero-order valence-electron chi connectivity index (χ0n) is 12.3. The largest absolute Gasteiger partial charge is 0.388 e. The standard InChI is InChI=1S/C19H22OS/c20-17(19-12-15-8-4-10-18(15)21-19)11-14-7-3-6-13-5-1-2-9-16(13)14/h1-2,5,9,12,14,17,20H,3-4,6-8,10-11H2. The molecule has 0 radical (unpaired) electrons. The first-order valence-electron chi connectivity index (χ1n) is 8.18. The summed E-state index contributed by atoms with van der Waals surface area (Å²) in [7, 11) is 0. The minimum atomic E-state index is -0.281. The lowest BCUT2D eigenvalue weighted by Crippen LogP contribution is -2.12. The van der Waals surface area contributed by atoms with Crippen LogP contribution in [-0.4, -0.2) is 5.11 Å². The SMILES string of the molecule is OC(CC1CCCc2ccccc21)c1cc2c(s1)CCC2. The van der Waals surface area contributed by atoms with E-state index >= 15 is 0 Å². The van der Waals surface area contributed by atoms with Gasteiger partial charge in [0, 0.05) is 9.75 Å². The number of aryl methyl sites for hydroxylation is 3. The molecule has 1 heterocycles. The van der Waals surface area contributed by atoms with E-state index in [-0.39, 0.29) is 6.10 Å². The first-order chi connectivity index (χ1) is 10.3. The van der Waals surface area contributed by atoms with Gasteiger partial charge >= 0.3 is 0 Å². The van der Waals surface area contributed by atoms with E-state index in [4.69, 9.17) is 0 Å². The number of hydrogen-bond donors (Lipinski definition) is 1. The Bertz CT molecular complexity index is 621. The smallest absolute Gasteiger partial charge is 0.0888 e. The molecule has 110 valence electrons. The first-order valence-corrected chi connectivity index (χ1v) is 9.00. The molecule has 1 N–H and O–H groups in total. The third kappa shape index (κ3) is 2.56. The molecule has 4 rings (SSSR count). The minimum absolute atomic E-state index is 0.281. The van der Waals surface area contributed by atoms with E-state index in [1.807, 2.05) is 11.3 Å². The molecule has 0 fully saturated rings. The summed E-state index contributed by atoms with van der Waals surface area (Å²) in [6, 6.07) is 11.1. The van der Waals surface area contributed by atoms with E-state index in [0.717, 1.165) is 6.42 Å². The van der Waals surface area contributed by atoms with Gasteiger partial charge in [0.05, 0.1) is 6.10 Å². The Morgan fingerprint density at radius 1 is 1.10 bits per heavy atom. The summed E-state index contributed by atoms with van der Waals surface area (Å²) >= 11 is 1.85. The second kappa shape index (κ2) is 5.58. The molecule has 21 heavy (non-hydrogen) atoms. The summed E-state index contributed by atoms with van der Waals surface area (Å²) in [4.78, 5) is 2.72. The van der Waals surface area contributed by atoms with Gasteiger partial charge in [-0.1, -0.05) is 24.3 Å². The van der Waals surface area contributed by atoms with Crippen LogP contribution in [0.2, 0.25) is 0 Å². The highest BCUT2D eigenvalue weighted by atomic mass is 32.1. The van der Waals surface area contributed by atoms with Gasteiger partial charge in [0.15, 0.2) is 0 Å². The fraction of sp³-hybridized carbons (Fsp3) is 0.474. The number of aliphatic hydroxyl groups excluding tert-OH is 1. The monoisotopic (exact) mass is 298 g/mol. The summed E-state index contributed by atoms with van der Waals surface area (Å²) in [5.41, 5.74) is 4.47. The van der Waals surface area contributed by atoms with Crippen molar-refractivity contribution in [1.82, 2.24) is 0 Å². The lowest BCUT2D eigenvalue weighted by atomic mass is 9.80. The van der Waals surface area contributed by atoms with Crippen LogP contribution in [0.4, 0.5) is 0 Å². The molecule has 2 aromatic rings. The van der Waals surface area contributed by atoms with E-state index < -0.39 is 0 Å². The topological polar surface area (TPSA) is 20.2 Å². The van der Waals surface area contributed by atoms with Gasteiger partial charge < -0.3 is 5.11 Å². The Labute approximate surface area is 130 Å². The van der Waals surface area contributed by atoms with E-state index in [2.05, 4.69) is 30.3 Å². The Morgan fingerprint density at radius 2 is 1.95 bits per heavy atom. The molecule has 2 aliphatic rings. The van der Waals surface area contributed by atoms with E-state index in [0.29, 0.717) is 5.92 Å². The van der Waals surface area contributed by atoms with Crippen LogP contribution in [-0.2, 0) is 19.3 Å². The van der Waals surface area contributed by atoms with Crippen molar-refractivity contribution < 1.29 is 5.11 Å². The van der Waals surface area contributed by atoms with Crippen molar-refractivity contribution in [3.05, 3.63) is 56.8 Å². The molecule has 0 bridgehead atoms. The van der Waals surface area contributed by atoms with Gasteiger partial charge in [-0.25, -0.2) is 0 Å². The van der Waals surface area contributed by atoms with Crippen LogP contribution in [0, 0.1) is 0 Å². The summed E-state index contributed by atoms with van der Waals surface area (Å²) in [5.74, 6) is 0.530. The highest BCUT2D eigenvalue weighted by molar-refractivity contribution is 7.12. The van der Waals surface area contributed by atoms with Crippen molar-refractivity contribution in [3.8, 4) is 0 Å². The average Bonchev–Trinajstić information content (AvgIpc) is 3.09. The highest BCUT2D eigenvalue weighted by Crippen LogP contribution is 2.40. The Balaban J connectivity index is 1.53. The summed E-state index contributed by atoms with van der Waals surface area (Å²) in [5, 5.41) is 10.7. The maximum Gasteiger partial charge on any atom is 0.0888 e. The van der Waals surface area contributed by atoms with Crippen molar-refractivity contribution in [3.63, 3.8) is 0 Å². The van der Waals surface area contributed by atoms with Gasteiger partial charge in [-0.05, 0) is 73.6 Å². The van der Waals surface area contributed by atoms with E-state index in [1.54, 1.807) is 0 Å². The Morgan fingerprint density at radius 3 is 2.86 bits per heavy atom. The number of benzene rings is 1. The molecule has 0 saturated carbocycles. The minimum Gasteiger partial charge on any atom is -0.388 e. The molecule has 2 aliphatic carbocycles. The molecule has 1 aromatic carbocycles. The normalized spacial score (nSPS) is 21.9. The summed E-state index contributed by atoms with van der Waals surface area (Å²) in [6.45, 7) is 0. The van der Waals surface area contributed by atoms with Crippen LogP contribution in [0.3, 0.4) is 0 Å². The van der Waals surface area contributed by atoms with Gasteiger partial charge in [0.2, 0.25) is 0 Å². The number of hydrogen-bond acceptors (Lipinski definition) is 2. The molecule has 2 heteroatoms. The molecule has 2 atom stereocenters. The van der Waals surface area contributed by atoms with Gasteiger partial charge in [-0.15, -0.1) is 11.3 Å². The zero-order valence-corrected chi connectivity index (χ0v) is 13.2. The average molecular weight is 298 g/mol. The summed E-state index contributed by atoms with van der Waals surface area (Å²) in [6.07, 6.45) is 8.02. The van der Waals surface area contributed by atoms with Crippen molar-refractivity contribution in [2.75, 3.05) is 0 Å². The lowest BCUT2D eigenvalue weighted by molar-refractivity contribution is 0.157. The maximum atomic E-state index is 10.7. The fourth-order valence-electron chi connectivity index (χ4n) is 4.00. The molecule has 1 aromatic heterocycles. The first kappa shape index (κ1) is 13.5. The second-order valence-electron chi connectivity index (χ2n) is 6.49. The van der Waals surface area contributed by atoms with Crippen molar-refractivity contribution in [2.45, 2.75) is 57.0 Å². The second-order valence-corrected chi connectivity index (χ2v) is 7.66. The molecule has 0 amide bonds. The van der Waals surface area contributed by atoms with Gasteiger partial charge in [0.25, 0.3) is 0 Å². The molecule has 2 unspecified atom stereocenters. The van der Waals surface area contributed by atoms with Gasteiger partial charge in [-0.3, -0.25) is 0 Å². The number of rotatable bonds is 3. The highest BCUT2D eigenvalue weighted by Gasteiger charge is 2.25. The number of aliphatic hydroxyl groups is 1. The number of fused-ring (bicyclic) bond motifs is 2. The van der Waals surface area contributed by atoms with E-state index in [9.17, 15) is 5.11 Å². The van der Waals surface area contributed by atoms with Crippen LogP contribution in [0.25, 0.3) is 0 Å². The molecule has 1 nitrogen and oxygen atoms in total. The number of thiophene rings is 1. The van der Waals surface area contributed by atoms with Crippen LogP contribution in [0.5, 0.6) is 0 Å². The van der Waals surface area contributed by atoms with Crippen molar-refractivity contribution >= 4 is 11.3 Å². The molecular weight excluding hydrogens is 276 g/mol. The predicted octanol–water partition coefficient (Wildman–Crippen LogP) is 4.78.